The summed E-state index contributed by atoms with van der Waals surface area (Å²) in [6, 6.07) is 8.72. The fourth-order valence-corrected chi connectivity index (χ4v) is 3.62. The fourth-order valence-electron chi connectivity index (χ4n) is 2.98. The lowest BCUT2D eigenvalue weighted by Crippen LogP contribution is -2.46. The highest BCUT2D eigenvalue weighted by atomic mass is 32.2. The molecule has 0 aliphatic carbocycles. The molecule has 1 saturated heterocycles. The summed E-state index contributed by atoms with van der Waals surface area (Å²) in [5.41, 5.74) is 3.74. The van der Waals surface area contributed by atoms with Crippen molar-refractivity contribution in [3.8, 4) is 0 Å². The van der Waals surface area contributed by atoms with Gasteiger partial charge < -0.3 is 4.90 Å². The Balaban J connectivity index is 1.79. The molecule has 0 spiro atoms. The van der Waals surface area contributed by atoms with Crippen LogP contribution in [0, 0.1) is 12.8 Å². The van der Waals surface area contributed by atoms with E-state index in [9.17, 15) is 0 Å². The Kier molecular flexibility index (Phi) is 6.84. The van der Waals surface area contributed by atoms with Crippen molar-refractivity contribution in [3.63, 3.8) is 0 Å². The molecule has 1 heterocycles. The molecule has 0 amide bonds. The topological polar surface area (TPSA) is 6.48 Å². The second-order valence-corrected chi connectivity index (χ2v) is 7.47. The van der Waals surface area contributed by atoms with Gasteiger partial charge in [0.2, 0.25) is 0 Å². The number of hydrogen-bond acceptors (Lipinski definition) is 3. The zero-order valence-electron chi connectivity index (χ0n) is 14.3. The molecule has 0 bridgehead atoms. The Bertz CT molecular complexity index is 461. The molecule has 22 heavy (non-hydrogen) atoms. The summed E-state index contributed by atoms with van der Waals surface area (Å²) in [7, 11) is 0. The summed E-state index contributed by atoms with van der Waals surface area (Å²) in [4.78, 5) is 5.05. The summed E-state index contributed by atoms with van der Waals surface area (Å²) in [5.74, 6) is 2.09. The number of piperazine rings is 1. The van der Waals surface area contributed by atoms with Gasteiger partial charge in [-0.25, -0.2) is 0 Å². The first-order valence-corrected chi connectivity index (χ1v) is 9.71. The van der Waals surface area contributed by atoms with Crippen LogP contribution >= 0.6 is 11.8 Å². The van der Waals surface area contributed by atoms with Gasteiger partial charge in [0.25, 0.3) is 0 Å². The molecule has 0 N–H and O–H groups in total. The summed E-state index contributed by atoms with van der Waals surface area (Å²) in [5, 5.41) is 0. The Morgan fingerprint density at radius 2 is 1.82 bits per heavy atom. The second-order valence-electron chi connectivity index (χ2n) is 6.49. The highest BCUT2D eigenvalue weighted by Crippen LogP contribution is 2.20. The third-order valence-corrected chi connectivity index (χ3v) is 5.17. The third kappa shape index (κ3) is 5.06. The summed E-state index contributed by atoms with van der Waals surface area (Å²) >= 11 is 1.96. The van der Waals surface area contributed by atoms with Crippen molar-refractivity contribution in [3.05, 3.63) is 42.0 Å². The Morgan fingerprint density at radius 3 is 2.41 bits per heavy atom. The van der Waals surface area contributed by atoms with Crippen LogP contribution in [0.1, 0.15) is 24.5 Å². The predicted octanol–water partition coefficient (Wildman–Crippen LogP) is 3.97. The molecule has 122 valence electrons. The van der Waals surface area contributed by atoms with E-state index >= 15 is 0 Å². The fraction of sp³-hybridized carbons (Fsp3) is 0.579. The molecule has 0 saturated carbocycles. The third-order valence-electron chi connectivity index (χ3n) is 4.52. The van der Waals surface area contributed by atoms with Crippen LogP contribution in [0.2, 0.25) is 0 Å². The molecule has 1 unspecified atom stereocenters. The smallest absolute Gasteiger partial charge is 0.0367 e. The van der Waals surface area contributed by atoms with Crippen LogP contribution in [0.3, 0.4) is 0 Å². The van der Waals surface area contributed by atoms with Gasteiger partial charge >= 0.3 is 0 Å². The van der Waals surface area contributed by atoms with E-state index in [1.54, 1.807) is 0 Å². The standard InChI is InChI=1S/C19H30N2S/c1-16-5-7-19(8-6-16)18(3)21-12-10-20(11-13-21)15-17(2)9-14-22-4/h5-8,17H,3,9-15H2,1-2,4H3. The summed E-state index contributed by atoms with van der Waals surface area (Å²) < 4.78 is 0. The predicted molar refractivity (Wildman–Crippen MR) is 100 cm³/mol. The number of benzene rings is 1. The number of aryl methyl sites for hydroxylation is 1. The first-order valence-electron chi connectivity index (χ1n) is 8.32. The molecular formula is C19H30N2S. The van der Waals surface area contributed by atoms with Gasteiger partial charge in [-0.3, -0.25) is 4.90 Å². The maximum atomic E-state index is 4.31. The molecule has 1 aliphatic heterocycles. The molecule has 0 aromatic heterocycles. The Morgan fingerprint density at radius 1 is 1.18 bits per heavy atom. The molecule has 1 fully saturated rings. The molecule has 1 aromatic carbocycles. The summed E-state index contributed by atoms with van der Waals surface area (Å²) in [6.07, 6.45) is 3.53. The van der Waals surface area contributed by atoms with Crippen LogP contribution in [0.15, 0.2) is 30.8 Å². The van der Waals surface area contributed by atoms with Crippen LogP contribution in [0.25, 0.3) is 5.70 Å². The first kappa shape index (κ1) is 17.4. The highest BCUT2D eigenvalue weighted by Gasteiger charge is 2.19. The van der Waals surface area contributed by atoms with Crippen molar-refractivity contribution in [2.75, 3.05) is 44.7 Å². The van der Waals surface area contributed by atoms with Gasteiger partial charge in [-0.05, 0) is 36.8 Å². The molecule has 1 atom stereocenters. The minimum Gasteiger partial charge on any atom is -0.369 e. The molecule has 0 radical (unpaired) electrons. The van der Waals surface area contributed by atoms with E-state index < -0.39 is 0 Å². The number of thioether (sulfide) groups is 1. The zero-order valence-corrected chi connectivity index (χ0v) is 15.2. The lowest BCUT2D eigenvalue weighted by molar-refractivity contribution is 0.156. The van der Waals surface area contributed by atoms with E-state index in [2.05, 4.69) is 60.7 Å². The number of hydrogen-bond donors (Lipinski definition) is 0. The molecular weight excluding hydrogens is 288 g/mol. The van der Waals surface area contributed by atoms with Crippen molar-refractivity contribution in [2.45, 2.75) is 20.3 Å². The highest BCUT2D eigenvalue weighted by molar-refractivity contribution is 7.98. The lowest BCUT2D eigenvalue weighted by Gasteiger charge is -2.38. The Hall–Kier alpha value is -0.930. The van der Waals surface area contributed by atoms with Crippen LogP contribution in [-0.4, -0.2) is 54.5 Å². The minimum atomic E-state index is 0.805. The van der Waals surface area contributed by atoms with Crippen LogP contribution < -0.4 is 0 Å². The molecule has 2 nitrogen and oxygen atoms in total. The average Bonchev–Trinajstić information content (AvgIpc) is 2.54. The zero-order chi connectivity index (χ0) is 15.9. The van der Waals surface area contributed by atoms with Crippen LogP contribution in [0.5, 0.6) is 0 Å². The van der Waals surface area contributed by atoms with Crippen LogP contribution in [0.4, 0.5) is 0 Å². The SMILES string of the molecule is C=C(c1ccc(C)cc1)N1CCN(CC(C)CCSC)CC1. The average molecular weight is 319 g/mol. The summed E-state index contributed by atoms with van der Waals surface area (Å²) in [6.45, 7) is 14.6. The van der Waals surface area contributed by atoms with Crippen molar-refractivity contribution < 1.29 is 0 Å². The van der Waals surface area contributed by atoms with E-state index in [-0.39, 0.29) is 0 Å². The lowest BCUT2D eigenvalue weighted by atomic mass is 10.1. The Labute approximate surface area is 140 Å². The van der Waals surface area contributed by atoms with E-state index in [4.69, 9.17) is 0 Å². The van der Waals surface area contributed by atoms with Gasteiger partial charge in [-0.15, -0.1) is 0 Å². The first-order chi connectivity index (χ1) is 10.6. The van der Waals surface area contributed by atoms with Crippen molar-refractivity contribution >= 4 is 17.5 Å². The van der Waals surface area contributed by atoms with Crippen molar-refractivity contribution in [1.82, 2.24) is 9.80 Å². The molecule has 2 rings (SSSR count). The molecule has 3 heteroatoms. The van der Waals surface area contributed by atoms with Crippen LogP contribution in [-0.2, 0) is 0 Å². The quantitative estimate of drug-likeness (QED) is 0.751. The van der Waals surface area contributed by atoms with E-state index in [0.717, 1.165) is 32.1 Å². The van der Waals surface area contributed by atoms with Gasteiger partial charge in [-0.1, -0.05) is 43.3 Å². The van der Waals surface area contributed by atoms with Gasteiger partial charge in [0, 0.05) is 38.4 Å². The largest absolute Gasteiger partial charge is 0.369 e. The monoisotopic (exact) mass is 318 g/mol. The maximum Gasteiger partial charge on any atom is 0.0367 e. The number of nitrogens with zero attached hydrogens (tertiary/aromatic N) is 2. The van der Waals surface area contributed by atoms with Crippen molar-refractivity contribution in [1.29, 1.82) is 0 Å². The van der Waals surface area contributed by atoms with E-state index in [1.807, 2.05) is 11.8 Å². The van der Waals surface area contributed by atoms with Gasteiger partial charge in [0.05, 0.1) is 0 Å². The number of rotatable bonds is 7. The van der Waals surface area contributed by atoms with Crippen molar-refractivity contribution in [2.24, 2.45) is 5.92 Å². The van der Waals surface area contributed by atoms with Gasteiger partial charge in [0.15, 0.2) is 0 Å². The molecule has 1 aromatic rings. The van der Waals surface area contributed by atoms with E-state index in [0.29, 0.717) is 0 Å². The minimum absolute atomic E-state index is 0.805. The van der Waals surface area contributed by atoms with Gasteiger partial charge in [-0.2, -0.15) is 11.8 Å². The molecule has 1 aliphatic rings. The van der Waals surface area contributed by atoms with E-state index in [1.165, 1.54) is 35.5 Å². The normalized spacial score (nSPS) is 17.5. The second kappa shape index (κ2) is 8.64. The maximum absolute atomic E-state index is 4.31. The van der Waals surface area contributed by atoms with Gasteiger partial charge in [0.1, 0.15) is 0 Å².